The number of fused-ring (bicyclic) bond motifs is 1. The molecule has 0 bridgehead atoms. The average Bonchev–Trinajstić information content (AvgIpc) is 2.52. The molecule has 1 aromatic carbocycles. The lowest BCUT2D eigenvalue weighted by Gasteiger charge is -2.31. The lowest BCUT2D eigenvalue weighted by atomic mass is 10.2. The van der Waals surface area contributed by atoms with E-state index in [-0.39, 0.29) is 31.0 Å². The van der Waals surface area contributed by atoms with Crippen LogP contribution in [0.2, 0.25) is 0 Å². The van der Waals surface area contributed by atoms with E-state index in [1.165, 1.54) is 7.11 Å². The van der Waals surface area contributed by atoms with Crippen LogP contribution in [0, 0.1) is 0 Å². The molecule has 1 aliphatic rings. The smallest absolute Gasteiger partial charge is 0.241 e. The summed E-state index contributed by atoms with van der Waals surface area (Å²) in [6.45, 7) is 3.55. The van der Waals surface area contributed by atoms with Gasteiger partial charge in [0.2, 0.25) is 5.91 Å². The maximum Gasteiger partial charge on any atom is 0.241 e. The van der Waals surface area contributed by atoms with Crippen molar-refractivity contribution >= 4 is 18.3 Å². The van der Waals surface area contributed by atoms with Crippen LogP contribution >= 0.6 is 12.4 Å². The third-order valence-corrected chi connectivity index (χ3v) is 3.35. The number of hydrogen-bond acceptors (Lipinski definition) is 5. The van der Waals surface area contributed by atoms with Crippen molar-refractivity contribution in [1.82, 2.24) is 4.90 Å². The normalized spacial score (nSPS) is 17.3. The molecule has 6 nitrogen and oxygen atoms in total. The number of rotatable bonds is 6. The number of benzene rings is 1. The Morgan fingerprint density at radius 3 is 2.77 bits per heavy atom. The molecule has 1 aliphatic heterocycles. The van der Waals surface area contributed by atoms with E-state index in [9.17, 15) is 4.79 Å². The van der Waals surface area contributed by atoms with Gasteiger partial charge in [0.25, 0.3) is 0 Å². The third-order valence-electron chi connectivity index (χ3n) is 3.35. The number of carbonyl (C=O) groups is 1. The highest BCUT2D eigenvalue weighted by molar-refractivity contribution is 5.85. The molecule has 22 heavy (non-hydrogen) atoms. The van der Waals surface area contributed by atoms with Crippen LogP contribution in [0.3, 0.4) is 0 Å². The molecular formula is C15H23ClN2O4. The Labute approximate surface area is 136 Å². The summed E-state index contributed by atoms with van der Waals surface area (Å²) in [5.41, 5.74) is 5.80. The van der Waals surface area contributed by atoms with E-state index < -0.39 is 6.04 Å². The number of nitrogens with zero attached hydrogens (tertiary/aromatic N) is 1. The molecule has 1 amide bonds. The molecule has 0 aliphatic carbocycles. The number of halogens is 1. The first kappa shape index (κ1) is 18.5. The second kappa shape index (κ2) is 8.82. The lowest BCUT2D eigenvalue weighted by molar-refractivity contribution is -0.135. The first-order valence-electron chi connectivity index (χ1n) is 7.07. The molecule has 1 heterocycles. The van der Waals surface area contributed by atoms with Crippen molar-refractivity contribution in [2.75, 3.05) is 33.4 Å². The Morgan fingerprint density at radius 1 is 1.45 bits per heavy atom. The zero-order valence-corrected chi connectivity index (χ0v) is 13.7. The van der Waals surface area contributed by atoms with Crippen LogP contribution in [0.5, 0.6) is 11.5 Å². The van der Waals surface area contributed by atoms with Crippen molar-refractivity contribution in [1.29, 1.82) is 0 Å². The number of carbonyl (C=O) groups excluding carboxylic acids is 1. The zero-order valence-electron chi connectivity index (χ0n) is 12.9. The van der Waals surface area contributed by atoms with Crippen LogP contribution in [0.4, 0.5) is 0 Å². The molecule has 0 radical (unpaired) electrons. The predicted octanol–water partition coefficient (Wildman–Crippen LogP) is 1.07. The van der Waals surface area contributed by atoms with Gasteiger partial charge in [-0.3, -0.25) is 4.79 Å². The van der Waals surface area contributed by atoms with Crippen molar-refractivity contribution < 1.29 is 19.0 Å². The molecule has 124 valence electrons. The quantitative estimate of drug-likeness (QED) is 0.844. The second-order valence-corrected chi connectivity index (χ2v) is 4.94. The van der Waals surface area contributed by atoms with E-state index in [0.717, 1.165) is 5.75 Å². The molecule has 0 saturated heterocycles. The maximum absolute atomic E-state index is 12.2. The number of amides is 1. The fraction of sp³-hybridized carbons (Fsp3) is 0.533. The highest BCUT2D eigenvalue weighted by atomic mass is 35.5. The topological polar surface area (TPSA) is 74.0 Å². The summed E-state index contributed by atoms with van der Waals surface area (Å²) >= 11 is 0. The molecule has 1 aromatic rings. The Bertz CT molecular complexity index is 486. The van der Waals surface area contributed by atoms with Crippen LogP contribution in [0.15, 0.2) is 24.3 Å². The van der Waals surface area contributed by atoms with Crippen LogP contribution in [0.25, 0.3) is 0 Å². The van der Waals surface area contributed by atoms with Crippen molar-refractivity contribution in [3.8, 4) is 11.5 Å². The van der Waals surface area contributed by atoms with Crippen molar-refractivity contribution in [3.63, 3.8) is 0 Å². The van der Waals surface area contributed by atoms with Gasteiger partial charge < -0.3 is 24.8 Å². The summed E-state index contributed by atoms with van der Waals surface area (Å²) in [7, 11) is 1.53. The van der Waals surface area contributed by atoms with E-state index >= 15 is 0 Å². The fourth-order valence-electron chi connectivity index (χ4n) is 2.26. The first-order valence-corrected chi connectivity index (χ1v) is 7.07. The molecule has 2 rings (SSSR count). The van der Waals surface area contributed by atoms with Gasteiger partial charge in [0.15, 0.2) is 17.6 Å². The molecule has 0 aromatic heterocycles. The first-order chi connectivity index (χ1) is 10.2. The van der Waals surface area contributed by atoms with Gasteiger partial charge >= 0.3 is 0 Å². The van der Waals surface area contributed by atoms with Gasteiger partial charge in [-0.2, -0.15) is 0 Å². The van der Waals surface area contributed by atoms with Crippen LogP contribution in [0.1, 0.15) is 6.92 Å². The van der Waals surface area contributed by atoms with E-state index in [2.05, 4.69) is 0 Å². The molecule has 0 saturated carbocycles. The van der Waals surface area contributed by atoms with Crippen molar-refractivity contribution in [2.45, 2.75) is 19.1 Å². The summed E-state index contributed by atoms with van der Waals surface area (Å²) in [6.07, 6.45) is -0.196. The lowest BCUT2D eigenvalue weighted by Crippen LogP contribution is -2.50. The Morgan fingerprint density at radius 2 is 2.14 bits per heavy atom. The number of hydrogen-bond donors (Lipinski definition) is 1. The summed E-state index contributed by atoms with van der Waals surface area (Å²) in [4.78, 5) is 13.9. The van der Waals surface area contributed by atoms with Gasteiger partial charge in [-0.25, -0.2) is 0 Å². The highest BCUT2D eigenvalue weighted by Gasteiger charge is 2.27. The maximum atomic E-state index is 12.2. The summed E-state index contributed by atoms with van der Waals surface area (Å²) in [5.74, 6) is 1.31. The average molecular weight is 331 g/mol. The van der Waals surface area contributed by atoms with E-state index in [0.29, 0.717) is 25.4 Å². The van der Waals surface area contributed by atoms with Gasteiger partial charge in [-0.15, -0.1) is 12.4 Å². The number of ether oxygens (including phenoxy) is 3. The summed E-state index contributed by atoms with van der Waals surface area (Å²) in [6, 6.07) is 6.86. The number of nitrogens with two attached hydrogens (primary N) is 1. The van der Waals surface area contributed by atoms with Crippen LogP contribution in [-0.2, 0) is 9.53 Å². The van der Waals surface area contributed by atoms with Crippen molar-refractivity contribution in [3.05, 3.63) is 24.3 Å². The molecular weight excluding hydrogens is 308 g/mol. The predicted molar refractivity (Wildman–Crippen MR) is 85.7 cm³/mol. The third kappa shape index (κ3) is 4.50. The van der Waals surface area contributed by atoms with Gasteiger partial charge in [0.05, 0.1) is 13.2 Å². The largest absolute Gasteiger partial charge is 0.486 e. The molecule has 2 unspecified atom stereocenters. The second-order valence-electron chi connectivity index (χ2n) is 4.94. The standard InChI is InChI=1S/C15H22N2O4.ClH/c1-3-17(15(18)12(16)10-19-2)8-11-9-20-13-6-4-5-7-14(13)21-11;/h4-7,11-12H,3,8-10,16H2,1-2H3;1H. The molecule has 2 atom stereocenters. The Balaban J connectivity index is 0.00000242. The number of para-hydroxylation sites is 2. The van der Waals surface area contributed by atoms with Gasteiger partial charge in [0.1, 0.15) is 12.6 Å². The fourth-order valence-corrected chi connectivity index (χ4v) is 2.26. The molecule has 2 N–H and O–H groups in total. The zero-order chi connectivity index (χ0) is 15.2. The minimum Gasteiger partial charge on any atom is -0.486 e. The molecule has 0 fully saturated rings. The van der Waals surface area contributed by atoms with E-state index in [4.69, 9.17) is 19.9 Å². The summed E-state index contributed by atoms with van der Waals surface area (Å²) in [5, 5.41) is 0. The number of likely N-dealkylation sites (N-methyl/N-ethyl adjacent to an activating group) is 1. The highest BCUT2D eigenvalue weighted by Crippen LogP contribution is 2.30. The van der Waals surface area contributed by atoms with E-state index in [1.807, 2.05) is 31.2 Å². The van der Waals surface area contributed by atoms with Gasteiger partial charge in [-0.05, 0) is 19.1 Å². The molecule has 7 heteroatoms. The SMILES string of the molecule is CCN(CC1COc2ccccc2O1)C(=O)C(N)COC.Cl. The van der Waals surface area contributed by atoms with Crippen LogP contribution in [-0.4, -0.2) is 56.4 Å². The summed E-state index contributed by atoms with van der Waals surface area (Å²) < 4.78 is 16.4. The monoisotopic (exact) mass is 330 g/mol. The van der Waals surface area contributed by atoms with E-state index in [1.54, 1.807) is 4.90 Å². The van der Waals surface area contributed by atoms with Crippen LogP contribution < -0.4 is 15.2 Å². The van der Waals surface area contributed by atoms with Gasteiger partial charge in [-0.1, -0.05) is 12.1 Å². The van der Waals surface area contributed by atoms with Crippen molar-refractivity contribution in [2.24, 2.45) is 5.73 Å². The minimum atomic E-state index is -0.647. The molecule has 0 spiro atoms. The van der Waals surface area contributed by atoms with Gasteiger partial charge in [0, 0.05) is 13.7 Å². The Hall–Kier alpha value is -1.50. The minimum absolute atomic E-state index is 0. The Kier molecular flexibility index (Phi) is 7.44. The number of methoxy groups -OCH3 is 1.